The molecule has 2 aliphatic heterocycles. The van der Waals surface area contributed by atoms with E-state index in [1.165, 1.54) is 5.56 Å². The van der Waals surface area contributed by atoms with Crippen molar-refractivity contribution in [3.05, 3.63) is 23.3 Å². The molecule has 2 aliphatic rings. The van der Waals surface area contributed by atoms with E-state index in [9.17, 15) is 0 Å². The largest absolute Gasteiger partial charge is 0.454 e. The van der Waals surface area contributed by atoms with Gasteiger partial charge >= 0.3 is 0 Å². The third-order valence-corrected chi connectivity index (χ3v) is 2.52. The summed E-state index contributed by atoms with van der Waals surface area (Å²) in [5, 5.41) is 4.05. The zero-order chi connectivity index (χ0) is 9.54. The summed E-state index contributed by atoms with van der Waals surface area (Å²) in [6, 6.07) is 4.21. The third-order valence-electron chi connectivity index (χ3n) is 2.52. The highest BCUT2D eigenvalue weighted by Gasteiger charge is 2.20. The van der Waals surface area contributed by atoms with Gasteiger partial charge in [-0.25, -0.2) is 0 Å². The van der Waals surface area contributed by atoms with Crippen molar-refractivity contribution < 1.29 is 9.47 Å². The molecule has 0 saturated heterocycles. The Morgan fingerprint density at radius 3 is 3.00 bits per heavy atom. The second-order valence-electron chi connectivity index (χ2n) is 3.44. The maximum absolute atomic E-state index is 5.32. The molecule has 0 saturated carbocycles. The van der Waals surface area contributed by atoms with Crippen LogP contribution in [0, 0.1) is 0 Å². The summed E-state index contributed by atoms with van der Waals surface area (Å²) in [7, 11) is 0. The number of rotatable bonds is 0. The maximum Gasteiger partial charge on any atom is 0.231 e. The summed E-state index contributed by atoms with van der Waals surface area (Å²) < 4.78 is 10.6. The van der Waals surface area contributed by atoms with Gasteiger partial charge in [0.1, 0.15) is 0 Å². The minimum Gasteiger partial charge on any atom is -0.454 e. The monoisotopic (exact) mass is 190 g/mol. The lowest BCUT2D eigenvalue weighted by Crippen LogP contribution is -2.18. The number of fused-ring (bicyclic) bond motifs is 2. The quantitative estimate of drug-likeness (QED) is 0.672. The van der Waals surface area contributed by atoms with Crippen LogP contribution in [0.1, 0.15) is 24.1 Å². The molecular weight excluding hydrogens is 180 g/mol. The van der Waals surface area contributed by atoms with E-state index in [4.69, 9.17) is 9.47 Å². The predicted molar refractivity (Wildman–Crippen MR) is 51.7 cm³/mol. The number of benzene rings is 1. The first-order valence-electron chi connectivity index (χ1n) is 4.57. The van der Waals surface area contributed by atoms with Crippen molar-refractivity contribution in [1.82, 2.24) is 5.43 Å². The highest BCUT2D eigenvalue weighted by molar-refractivity contribution is 5.84. The summed E-state index contributed by atoms with van der Waals surface area (Å²) in [6.07, 6.45) is 1.80. The Morgan fingerprint density at radius 2 is 2.14 bits per heavy atom. The minimum absolute atomic E-state index is 0.226. The van der Waals surface area contributed by atoms with Crippen LogP contribution in [0.3, 0.4) is 0 Å². The molecule has 0 aromatic heterocycles. The van der Waals surface area contributed by atoms with Gasteiger partial charge < -0.3 is 14.9 Å². The molecule has 1 aromatic rings. The topological polar surface area (TPSA) is 42.9 Å². The zero-order valence-corrected chi connectivity index (χ0v) is 7.78. The van der Waals surface area contributed by atoms with Gasteiger partial charge in [-0.1, -0.05) is 0 Å². The Bertz CT molecular complexity index is 415. The van der Waals surface area contributed by atoms with Crippen molar-refractivity contribution in [2.45, 2.75) is 13.0 Å². The highest BCUT2D eigenvalue weighted by atomic mass is 16.7. The molecule has 0 bridgehead atoms. The van der Waals surface area contributed by atoms with Gasteiger partial charge in [-0.2, -0.15) is 5.10 Å². The van der Waals surface area contributed by atoms with Gasteiger partial charge in [-0.3, -0.25) is 0 Å². The van der Waals surface area contributed by atoms with E-state index in [1.807, 2.05) is 12.1 Å². The molecule has 0 aliphatic carbocycles. The summed E-state index contributed by atoms with van der Waals surface area (Å²) in [5.74, 6) is 1.64. The van der Waals surface area contributed by atoms with E-state index < -0.39 is 0 Å². The Kier molecular flexibility index (Phi) is 1.45. The van der Waals surface area contributed by atoms with Crippen molar-refractivity contribution in [2.24, 2.45) is 5.10 Å². The maximum atomic E-state index is 5.32. The summed E-state index contributed by atoms with van der Waals surface area (Å²) in [5.41, 5.74) is 5.30. The molecule has 72 valence electrons. The second-order valence-corrected chi connectivity index (χ2v) is 3.44. The first-order valence-corrected chi connectivity index (χ1v) is 4.57. The van der Waals surface area contributed by atoms with Crippen LogP contribution in [0.4, 0.5) is 0 Å². The SMILES string of the molecule is CC1NN=Cc2cc3c(cc21)OCO3. The first-order chi connectivity index (χ1) is 6.84. The molecule has 4 heteroatoms. The Balaban J connectivity index is 2.18. The van der Waals surface area contributed by atoms with Gasteiger partial charge in [0, 0.05) is 5.56 Å². The Labute approximate surface area is 81.5 Å². The molecular formula is C10H10N2O2. The van der Waals surface area contributed by atoms with E-state index in [0.717, 1.165) is 17.1 Å². The molecule has 1 aromatic carbocycles. The first kappa shape index (κ1) is 7.67. The van der Waals surface area contributed by atoms with Crippen molar-refractivity contribution in [2.75, 3.05) is 6.79 Å². The highest BCUT2D eigenvalue weighted by Crippen LogP contribution is 2.36. The van der Waals surface area contributed by atoms with Crippen LogP contribution in [0.5, 0.6) is 11.5 Å². The van der Waals surface area contributed by atoms with Crippen molar-refractivity contribution in [3.8, 4) is 11.5 Å². The van der Waals surface area contributed by atoms with Gasteiger partial charge in [0.2, 0.25) is 6.79 Å². The predicted octanol–water partition coefficient (Wildman–Crippen LogP) is 1.41. The fourth-order valence-corrected chi connectivity index (χ4v) is 1.75. The molecule has 0 spiro atoms. The van der Waals surface area contributed by atoms with E-state index in [0.29, 0.717) is 6.79 Å². The van der Waals surface area contributed by atoms with Gasteiger partial charge in [0.15, 0.2) is 11.5 Å². The third kappa shape index (κ3) is 0.968. The number of nitrogens with zero attached hydrogens (tertiary/aromatic N) is 1. The summed E-state index contributed by atoms with van der Waals surface area (Å²) in [4.78, 5) is 0. The van der Waals surface area contributed by atoms with Crippen LogP contribution in [-0.2, 0) is 0 Å². The van der Waals surface area contributed by atoms with Gasteiger partial charge in [-0.05, 0) is 24.6 Å². The van der Waals surface area contributed by atoms with Crippen molar-refractivity contribution >= 4 is 6.21 Å². The van der Waals surface area contributed by atoms with E-state index in [-0.39, 0.29) is 6.04 Å². The zero-order valence-electron chi connectivity index (χ0n) is 7.78. The number of nitrogens with one attached hydrogen (secondary N) is 1. The lowest BCUT2D eigenvalue weighted by Gasteiger charge is -2.18. The van der Waals surface area contributed by atoms with Crippen molar-refractivity contribution in [3.63, 3.8) is 0 Å². The van der Waals surface area contributed by atoms with Crippen LogP contribution in [0.25, 0.3) is 0 Å². The van der Waals surface area contributed by atoms with Gasteiger partial charge in [0.05, 0.1) is 12.3 Å². The molecule has 4 nitrogen and oxygen atoms in total. The molecule has 0 radical (unpaired) electrons. The fourth-order valence-electron chi connectivity index (χ4n) is 1.75. The van der Waals surface area contributed by atoms with Crippen LogP contribution in [-0.4, -0.2) is 13.0 Å². The number of hydrogen-bond donors (Lipinski definition) is 1. The Morgan fingerprint density at radius 1 is 1.36 bits per heavy atom. The normalized spacial score (nSPS) is 21.6. The molecule has 14 heavy (non-hydrogen) atoms. The summed E-state index contributed by atoms with van der Waals surface area (Å²) in [6.45, 7) is 2.38. The lowest BCUT2D eigenvalue weighted by atomic mass is 10.0. The van der Waals surface area contributed by atoms with Crippen LogP contribution >= 0.6 is 0 Å². The lowest BCUT2D eigenvalue weighted by molar-refractivity contribution is 0.174. The standard InChI is InChI=1S/C10H10N2O2/c1-6-8-3-10-9(13-5-14-10)2-7(8)4-11-12-6/h2-4,6,12H,5H2,1H3. The van der Waals surface area contributed by atoms with E-state index >= 15 is 0 Å². The molecule has 3 rings (SSSR count). The van der Waals surface area contributed by atoms with E-state index in [1.54, 1.807) is 6.21 Å². The van der Waals surface area contributed by atoms with E-state index in [2.05, 4.69) is 17.5 Å². The molecule has 0 fully saturated rings. The van der Waals surface area contributed by atoms with Gasteiger partial charge in [-0.15, -0.1) is 0 Å². The average Bonchev–Trinajstić information content (AvgIpc) is 2.62. The Hall–Kier alpha value is -1.71. The smallest absolute Gasteiger partial charge is 0.231 e. The van der Waals surface area contributed by atoms with Gasteiger partial charge in [0.25, 0.3) is 0 Å². The van der Waals surface area contributed by atoms with Crippen LogP contribution < -0.4 is 14.9 Å². The fraction of sp³-hybridized carbons (Fsp3) is 0.300. The second kappa shape index (κ2) is 2.64. The minimum atomic E-state index is 0.226. The molecule has 1 N–H and O–H groups in total. The van der Waals surface area contributed by atoms with Crippen molar-refractivity contribution in [1.29, 1.82) is 0 Å². The molecule has 1 atom stereocenters. The van der Waals surface area contributed by atoms with Crippen LogP contribution in [0.15, 0.2) is 17.2 Å². The number of hydrogen-bond acceptors (Lipinski definition) is 4. The molecule has 2 heterocycles. The molecule has 0 amide bonds. The van der Waals surface area contributed by atoms with Crippen LogP contribution in [0.2, 0.25) is 0 Å². The average molecular weight is 190 g/mol. The molecule has 1 unspecified atom stereocenters. The number of hydrazone groups is 1. The summed E-state index contributed by atoms with van der Waals surface area (Å²) >= 11 is 0. The number of ether oxygens (including phenoxy) is 2.